The van der Waals surface area contributed by atoms with Crippen molar-refractivity contribution in [1.29, 1.82) is 0 Å². The number of anilines is 1. The van der Waals surface area contributed by atoms with Crippen molar-refractivity contribution in [2.24, 2.45) is 0 Å². The summed E-state index contributed by atoms with van der Waals surface area (Å²) in [7, 11) is 0. The van der Waals surface area contributed by atoms with E-state index in [1.165, 1.54) is 12.1 Å². The van der Waals surface area contributed by atoms with Gasteiger partial charge in [-0.25, -0.2) is 9.18 Å². The summed E-state index contributed by atoms with van der Waals surface area (Å²) in [4.78, 5) is 16.9. The number of benzene rings is 2. The van der Waals surface area contributed by atoms with E-state index in [0.29, 0.717) is 23.9 Å². The number of hydrogen-bond acceptors (Lipinski definition) is 3. The molecule has 0 aliphatic carbocycles. The van der Waals surface area contributed by atoms with Gasteiger partial charge in [0.1, 0.15) is 18.2 Å². The highest BCUT2D eigenvalue weighted by Crippen LogP contribution is 2.30. The van der Waals surface area contributed by atoms with Gasteiger partial charge in [0.2, 0.25) is 0 Å². The number of hydrogen-bond donors (Lipinski definition) is 1. The molecule has 1 unspecified atom stereocenters. The van der Waals surface area contributed by atoms with Gasteiger partial charge in [0.25, 0.3) is 0 Å². The maximum Gasteiger partial charge on any atom is 0.322 e. The van der Waals surface area contributed by atoms with Crippen LogP contribution in [0.1, 0.15) is 18.4 Å². The minimum absolute atomic E-state index is 0.0412. The van der Waals surface area contributed by atoms with Gasteiger partial charge in [-0.05, 0) is 73.8 Å². The molecule has 0 bridgehead atoms. The van der Waals surface area contributed by atoms with Gasteiger partial charge in [-0.1, -0.05) is 11.6 Å². The Hall–Kier alpha value is -2.31. The largest absolute Gasteiger partial charge is 0.492 e. The number of ether oxygens (including phenoxy) is 1. The van der Waals surface area contributed by atoms with Crippen molar-refractivity contribution in [2.45, 2.75) is 25.3 Å². The lowest BCUT2D eigenvalue weighted by Crippen LogP contribution is -2.52. The average molecular weight is 418 g/mol. The van der Waals surface area contributed by atoms with Crippen molar-refractivity contribution in [2.75, 3.05) is 37.7 Å². The van der Waals surface area contributed by atoms with Crippen molar-refractivity contribution in [3.05, 3.63) is 58.9 Å². The third-order valence-corrected chi connectivity index (χ3v) is 5.74. The normalized spacial score (nSPS) is 19.1. The monoisotopic (exact) mass is 417 g/mol. The maximum atomic E-state index is 13.0. The Morgan fingerprint density at radius 1 is 1.21 bits per heavy atom. The molecule has 2 aliphatic rings. The highest BCUT2D eigenvalue weighted by atomic mass is 35.5. The molecule has 0 aromatic heterocycles. The van der Waals surface area contributed by atoms with E-state index in [1.807, 2.05) is 23.1 Å². The molecule has 2 aromatic rings. The lowest BCUT2D eigenvalue weighted by Gasteiger charge is -2.34. The second-order valence-electron chi connectivity index (χ2n) is 7.57. The SMILES string of the molecule is O=C(NC1CCCN(CCOc2ccc(F)cc2)C1)N1CCc2cc(Cl)ccc21. The number of halogens is 2. The molecule has 2 heterocycles. The molecule has 0 spiro atoms. The standard InChI is InChI=1S/C22H25ClFN3O2/c23-17-3-8-21-16(14-17)9-11-27(21)22(28)25-19-2-1-10-26(15-19)12-13-29-20-6-4-18(24)5-7-20/h3-8,14,19H,1-2,9-13,15H2,(H,25,28). The summed E-state index contributed by atoms with van der Waals surface area (Å²) in [6.45, 7) is 3.79. The second-order valence-corrected chi connectivity index (χ2v) is 8.00. The molecule has 0 radical (unpaired) electrons. The van der Waals surface area contributed by atoms with E-state index >= 15 is 0 Å². The van der Waals surface area contributed by atoms with Crippen molar-refractivity contribution < 1.29 is 13.9 Å². The Labute approximate surface area is 175 Å². The lowest BCUT2D eigenvalue weighted by atomic mass is 10.1. The van der Waals surface area contributed by atoms with E-state index in [2.05, 4.69) is 10.2 Å². The number of rotatable bonds is 5. The van der Waals surface area contributed by atoms with E-state index in [4.69, 9.17) is 16.3 Å². The Balaban J connectivity index is 1.26. The van der Waals surface area contributed by atoms with Gasteiger partial charge in [0.15, 0.2) is 0 Å². The zero-order valence-corrected chi connectivity index (χ0v) is 17.0. The molecule has 7 heteroatoms. The van der Waals surface area contributed by atoms with Crippen molar-refractivity contribution in [1.82, 2.24) is 10.2 Å². The molecular formula is C22H25ClFN3O2. The van der Waals surface area contributed by atoms with Crippen LogP contribution < -0.4 is 15.0 Å². The van der Waals surface area contributed by atoms with Crippen LogP contribution in [0.3, 0.4) is 0 Å². The molecule has 5 nitrogen and oxygen atoms in total. The zero-order chi connectivity index (χ0) is 20.2. The summed E-state index contributed by atoms with van der Waals surface area (Å²) < 4.78 is 18.6. The Morgan fingerprint density at radius 2 is 2.03 bits per heavy atom. The quantitative estimate of drug-likeness (QED) is 0.796. The molecule has 2 aliphatic heterocycles. The maximum absolute atomic E-state index is 13.0. The van der Waals surface area contributed by atoms with Gasteiger partial charge < -0.3 is 10.1 Å². The third-order valence-electron chi connectivity index (χ3n) is 5.51. The van der Waals surface area contributed by atoms with Gasteiger partial charge in [-0.3, -0.25) is 9.80 Å². The van der Waals surface area contributed by atoms with Gasteiger partial charge in [-0.15, -0.1) is 0 Å². The Bertz CT molecular complexity index is 862. The van der Waals surface area contributed by atoms with Crippen LogP contribution in [0.4, 0.5) is 14.9 Å². The molecule has 2 amide bonds. The second kappa shape index (κ2) is 9.01. The highest BCUT2D eigenvalue weighted by Gasteiger charge is 2.28. The van der Waals surface area contributed by atoms with Gasteiger partial charge >= 0.3 is 6.03 Å². The third kappa shape index (κ3) is 5.00. The van der Waals surface area contributed by atoms with Crippen molar-refractivity contribution >= 4 is 23.3 Å². The first-order valence-electron chi connectivity index (χ1n) is 10.1. The number of nitrogens with zero attached hydrogens (tertiary/aromatic N) is 2. The number of urea groups is 1. The Morgan fingerprint density at radius 3 is 2.86 bits per heavy atom. The molecule has 1 saturated heterocycles. The zero-order valence-electron chi connectivity index (χ0n) is 16.2. The van der Waals surface area contributed by atoms with Crippen LogP contribution in [0, 0.1) is 5.82 Å². The first-order valence-corrected chi connectivity index (χ1v) is 10.4. The number of carbonyl (C=O) groups excluding carboxylic acids is 1. The average Bonchev–Trinajstić information content (AvgIpc) is 3.13. The van der Waals surface area contributed by atoms with Crippen LogP contribution in [0.2, 0.25) is 5.02 Å². The summed E-state index contributed by atoms with van der Waals surface area (Å²) >= 11 is 6.06. The first-order chi connectivity index (χ1) is 14.1. The van der Waals surface area contributed by atoms with E-state index in [0.717, 1.165) is 50.1 Å². The van der Waals surface area contributed by atoms with E-state index < -0.39 is 0 Å². The molecule has 2 aromatic carbocycles. The summed E-state index contributed by atoms with van der Waals surface area (Å²) in [5, 5.41) is 3.90. The van der Waals surface area contributed by atoms with E-state index in [9.17, 15) is 9.18 Å². The summed E-state index contributed by atoms with van der Waals surface area (Å²) in [5.41, 5.74) is 2.07. The van der Waals surface area contributed by atoms with E-state index in [-0.39, 0.29) is 17.9 Å². The smallest absolute Gasteiger partial charge is 0.322 e. The lowest BCUT2D eigenvalue weighted by molar-refractivity contribution is 0.160. The van der Waals surface area contributed by atoms with Crippen LogP contribution >= 0.6 is 11.6 Å². The van der Waals surface area contributed by atoms with Gasteiger partial charge in [0.05, 0.1) is 0 Å². The molecular weight excluding hydrogens is 393 g/mol. The topological polar surface area (TPSA) is 44.8 Å². The minimum Gasteiger partial charge on any atom is -0.492 e. The van der Waals surface area contributed by atoms with Gasteiger partial charge in [0, 0.05) is 36.4 Å². The van der Waals surface area contributed by atoms with Crippen LogP contribution in [0.25, 0.3) is 0 Å². The van der Waals surface area contributed by atoms with Crippen molar-refractivity contribution in [3.63, 3.8) is 0 Å². The van der Waals surface area contributed by atoms with Crippen LogP contribution in [0.15, 0.2) is 42.5 Å². The summed E-state index contributed by atoms with van der Waals surface area (Å²) in [6, 6.07) is 11.8. The fourth-order valence-electron chi connectivity index (χ4n) is 4.03. The number of likely N-dealkylation sites (tertiary alicyclic amines) is 1. The summed E-state index contributed by atoms with van der Waals surface area (Å²) in [6.07, 6.45) is 2.84. The first kappa shape index (κ1) is 20.0. The van der Waals surface area contributed by atoms with Crippen LogP contribution in [-0.4, -0.2) is 49.8 Å². The minimum atomic E-state index is -0.268. The number of carbonyl (C=O) groups is 1. The number of fused-ring (bicyclic) bond motifs is 1. The number of nitrogens with one attached hydrogen (secondary N) is 1. The predicted molar refractivity (Wildman–Crippen MR) is 112 cm³/mol. The van der Waals surface area contributed by atoms with E-state index in [1.54, 1.807) is 12.1 Å². The Kier molecular flexibility index (Phi) is 6.21. The van der Waals surface area contributed by atoms with Crippen LogP contribution in [0.5, 0.6) is 5.75 Å². The predicted octanol–water partition coefficient (Wildman–Crippen LogP) is 4.09. The number of piperidine rings is 1. The number of amides is 2. The highest BCUT2D eigenvalue weighted by molar-refractivity contribution is 6.30. The fraction of sp³-hybridized carbons (Fsp3) is 0.409. The molecule has 1 atom stereocenters. The molecule has 1 N–H and O–H groups in total. The molecule has 4 rings (SSSR count). The van der Waals surface area contributed by atoms with Crippen LogP contribution in [-0.2, 0) is 6.42 Å². The molecule has 29 heavy (non-hydrogen) atoms. The molecule has 0 saturated carbocycles. The van der Waals surface area contributed by atoms with Crippen molar-refractivity contribution in [3.8, 4) is 5.75 Å². The molecule has 1 fully saturated rings. The fourth-order valence-corrected chi connectivity index (χ4v) is 4.23. The molecule has 154 valence electrons. The van der Waals surface area contributed by atoms with Gasteiger partial charge in [-0.2, -0.15) is 0 Å². The summed E-state index contributed by atoms with van der Waals surface area (Å²) in [5.74, 6) is 0.400.